The van der Waals surface area contributed by atoms with Gasteiger partial charge in [0, 0.05) is 61.5 Å². The molecule has 2 N–H and O–H groups in total. The molecule has 5 heterocycles. The van der Waals surface area contributed by atoms with Gasteiger partial charge in [-0.3, -0.25) is 9.69 Å². The number of amides is 1. The summed E-state index contributed by atoms with van der Waals surface area (Å²) >= 11 is 0.688. The van der Waals surface area contributed by atoms with Crippen LogP contribution in [-0.4, -0.2) is 84.3 Å². The van der Waals surface area contributed by atoms with E-state index in [2.05, 4.69) is 14.9 Å². The van der Waals surface area contributed by atoms with Gasteiger partial charge in [-0.15, -0.1) is 11.3 Å². The van der Waals surface area contributed by atoms with Crippen molar-refractivity contribution in [3.05, 3.63) is 41.0 Å². The predicted octanol–water partition coefficient (Wildman–Crippen LogP) is 6.91. The molecule has 0 radical (unpaired) electrons. The fourth-order valence-electron chi connectivity index (χ4n) is 7.25. The minimum atomic E-state index is -5.06. The Balaban J connectivity index is 0.000000412. The molecule has 3 aliphatic heterocycles. The molecule has 2 aromatic heterocycles. The molecule has 16 heteroatoms. The third-order valence-corrected chi connectivity index (χ3v) is 10.8. The highest BCUT2D eigenvalue weighted by Crippen LogP contribution is 2.48. The fourth-order valence-corrected chi connectivity index (χ4v) is 8.20. The first-order chi connectivity index (χ1) is 23.8. The summed E-state index contributed by atoms with van der Waals surface area (Å²) in [5, 5.41) is 9.09. The predicted molar refractivity (Wildman–Crippen MR) is 179 cm³/mol. The Hall–Kier alpha value is -4.36. The lowest BCUT2D eigenvalue weighted by Gasteiger charge is -2.28. The molecule has 0 aliphatic carbocycles. The topological polar surface area (TPSA) is 112 Å². The number of nitrogens with two attached hydrogens (primary N) is 1. The molecule has 0 spiro atoms. The number of carbonyl (C=O) groups is 1. The van der Waals surface area contributed by atoms with E-state index in [9.17, 15) is 32.0 Å². The summed E-state index contributed by atoms with van der Waals surface area (Å²) in [6.07, 6.45) is -1.42. The molecule has 7 rings (SSSR count). The number of nitrogens with zero attached hydrogens (tertiary/aromatic N) is 6. The van der Waals surface area contributed by atoms with Crippen LogP contribution in [0.2, 0.25) is 0 Å². The number of carbonyl (C=O) groups excluding carboxylic acids is 1. The second kappa shape index (κ2) is 13.7. The van der Waals surface area contributed by atoms with Gasteiger partial charge in [-0.25, -0.2) is 13.2 Å². The second-order valence-electron chi connectivity index (χ2n) is 12.7. The second-order valence-corrected chi connectivity index (χ2v) is 13.7. The first-order valence-corrected chi connectivity index (χ1v) is 17.0. The lowest BCUT2D eigenvalue weighted by Crippen LogP contribution is -2.37. The molecule has 3 saturated heterocycles. The van der Waals surface area contributed by atoms with E-state index >= 15 is 4.39 Å². The van der Waals surface area contributed by atoms with Crippen LogP contribution in [0.3, 0.4) is 0 Å². The van der Waals surface area contributed by atoms with E-state index in [1.54, 1.807) is 29.8 Å². The molecule has 9 nitrogen and oxygen atoms in total. The molecule has 3 fully saturated rings. The Morgan fingerprint density at radius 1 is 1.20 bits per heavy atom. The number of nitrogen functional groups attached to an aromatic ring is 1. The largest absolute Gasteiger partial charge is 0.467 e. The van der Waals surface area contributed by atoms with Crippen LogP contribution in [0.15, 0.2) is 18.2 Å². The minimum Gasteiger partial charge on any atom is -0.467 e. The summed E-state index contributed by atoms with van der Waals surface area (Å²) in [5.41, 5.74) is 2.54. The smallest absolute Gasteiger partial charge is 0.417 e. The van der Waals surface area contributed by atoms with Crippen molar-refractivity contribution in [3.63, 3.8) is 0 Å². The number of hydrogen-bond acceptors (Lipinski definition) is 9. The number of halogens is 6. The number of methoxy groups -OCH3 is 1. The molecule has 0 bridgehead atoms. The van der Waals surface area contributed by atoms with Crippen molar-refractivity contribution in [1.82, 2.24) is 19.8 Å². The number of benzene rings is 2. The van der Waals surface area contributed by atoms with Crippen LogP contribution >= 0.6 is 11.3 Å². The SMILES string of the molecule is CCC(=O)N1CCC(N(C)c2nc(OC)nc3c(F)c(-c4ccc(F)c5sc(N)c(C#N)c45)c(C(F)(F)F)cc23)C1.FC1CC2CCCN2C1. The highest BCUT2D eigenvalue weighted by Gasteiger charge is 2.39. The van der Waals surface area contributed by atoms with E-state index in [-0.39, 0.29) is 55.4 Å². The summed E-state index contributed by atoms with van der Waals surface area (Å²) < 4.78 is 92.5. The van der Waals surface area contributed by atoms with Crippen LogP contribution in [0.1, 0.15) is 50.2 Å². The third kappa shape index (κ3) is 6.37. The number of aromatic nitrogens is 2. The van der Waals surface area contributed by atoms with Crippen molar-refractivity contribution in [1.29, 1.82) is 5.26 Å². The Morgan fingerprint density at radius 3 is 2.62 bits per heavy atom. The standard InChI is InChI=1S/C27H23F5N6O2S.C7H12FN/c1-4-18(39)38-8-7-12(11-38)37(2)25-14-9-16(27(30,31)32)20(21(29)22(14)35-26(36-25)40-3)13-5-6-17(28)23-19(13)15(10-33)24(34)41-23;8-6-4-7-2-1-3-9(7)5-6/h5-6,9,12H,4,7-8,11,34H2,1-3H3;6-7H,1-5H2. The number of nitriles is 1. The van der Waals surface area contributed by atoms with Crippen molar-refractivity contribution < 1.29 is 35.9 Å². The molecule has 2 aromatic carbocycles. The fraction of sp³-hybridized carbons (Fsp3) is 0.471. The maximum absolute atomic E-state index is 16.4. The molecule has 1 amide bonds. The van der Waals surface area contributed by atoms with E-state index in [0.29, 0.717) is 49.9 Å². The zero-order valence-corrected chi connectivity index (χ0v) is 28.4. The highest BCUT2D eigenvalue weighted by atomic mass is 32.1. The first-order valence-electron chi connectivity index (χ1n) is 16.2. The van der Waals surface area contributed by atoms with Gasteiger partial charge in [0.25, 0.3) is 0 Å². The zero-order valence-electron chi connectivity index (χ0n) is 27.6. The number of thiophene rings is 1. The van der Waals surface area contributed by atoms with Crippen molar-refractivity contribution in [2.75, 3.05) is 51.0 Å². The number of anilines is 2. The number of hydrogen-bond donors (Lipinski definition) is 1. The maximum Gasteiger partial charge on any atom is 0.417 e. The lowest BCUT2D eigenvalue weighted by atomic mass is 9.92. The number of likely N-dealkylation sites (N-methyl/N-ethyl adjacent to an activating group) is 1. The Bertz CT molecular complexity index is 1990. The Morgan fingerprint density at radius 2 is 1.96 bits per heavy atom. The summed E-state index contributed by atoms with van der Waals surface area (Å²) in [5.74, 6) is -2.23. The zero-order chi connectivity index (χ0) is 36.1. The molecule has 50 heavy (non-hydrogen) atoms. The lowest BCUT2D eigenvalue weighted by molar-refractivity contribution is -0.137. The van der Waals surface area contributed by atoms with Crippen molar-refractivity contribution >= 4 is 49.1 Å². The van der Waals surface area contributed by atoms with Crippen LogP contribution in [-0.2, 0) is 11.0 Å². The van der Waals surface area contributed by atoms with Gasteiger partial charge in [0.1, 0.15) is 34.4 Å². The Labute approximate surface area is 288 Å². The normalized spacial score (nSPS) is 20.6. The van der Waals surface area contributed by atoms with Crippen LogP contribution in [0, 0.1) is 23.0 Å². The van der Waals surface area contributed by atoms with E-state index in [0.717, 1.165) is 31.2 Å². The van der Waals surface area contributed by atoms with Crippen LogP contribution in [0.25, 0.3) is 32.1 Å². The Kier molecular flexibility index (Phi) is 9.75. The molecule has 3 aliphatic rings. The van der Waals surface area contributed by atoms with E-state index in [1.165, 1.54) is 20.0 Å². The first kappa shape index (κ1) is 35.5. The molecule has 266 valence electrons. The van der Waals surface area contributed by atoms with Gasteiger partial charge in [0.05, 0.1) is 22.9 Å². The summed E-state index contributed by atoms with van der Waals surface area (Å²) in [6.45, 7) is 4.36. The quantitative estimate of drug-likeness (QED) is 0.222. The summed E-state index contributed by atoms with van der Waals surface area (Å²) in [4.78, 5) is 26.0. The van der Waals surface area contributed by atoms with Crippen LogP contribution in [0.4, 0.5) is 37.2 Å². The van der Waals surface area contributed by atoms with Gasteiger partial charge >= 0.3 is 12.2 Å². The number of fused-ring (bicyclic) bond motifs is 3. The molecule has 3 atom stereocenters. The van der Waals surface area contributed by atoms with E-state index in [1.807, 2.05) is 0 Å². The molecule has 0 saturated carbocycles. The maximum atomic E-state index is 16.4. The minimum absolute atomic E-state index is 0.0136. The van der Waals surface area contributed by atoms with Crippen LogP contribution < -0.4 is 15.4 Å². The molecule has 3 unspecified atom stereocenters. The number of rotatable bonds is 5. The highest BCUT2D eigenvalue weighted by molar-refractivity contribution is 7.23. The van der Waals surface area contributed by atoms with Gasteiger partial charge in [0.2, 0.25) is 5.91 Å². The van der Waals surface area contributed by atoms with Gasteiger partial charge in [-0.2, -0.15) is 28.4 Å². The van der Waals surface area contributed by atoms with E-state index < -0.39 is 40.6 Å². The number of ether oxygens (including phenoxy) is 1. The monoisotopic (exact) mass is 719 g/mol. The van der Waals surface area contributed by atoms with Gasteiger partial charge in [-0.1, -0.05) is 13.0 Å². The van der Waals surface area contributed by atoms with Gasteiger partial charge < -0.3 is 20.3 Å². The summed E-state index contributed by atoms with van der Waals surface area (Å²) in [7, 11) is 2.84. The van der Waals surface area contributed by atoms with Crippen molar-refractivity contribution in [2.24, 2.45) is 0 Å². The molecular formula is C34H35F6N7O2S. The van der Waals surface area contributed by atoms with Crippen molar-refractivity contribution in [3.8, 4) is 23.2 Å². The average Bonchev–Trinajstić information content (AvgIpc) is 3.88. The van der Waals surface area contributed by atoms with E-state index in [4.69, 9.17) is 10.5 Å². The number of alkyl halides is 4. The molecule has 4 aromatic rings. The van der Waals surface area contributed by atoms with Crippen LogP contribution in [0.5, 0.6) is 6.01 Å². The van der Waals surface area contributed by atoms with Gasteiger partial charge in [0.15, 0.2) is 5.82 Å². The van der Waals surface area contributed by atoms with Gasteiger partial charge in [-0.05, 0) is 49.9 Å². The third-order valence-electron chi connectivity index (χ3n) is 9.74. The molecular weight excluding hydrogens is 684 g/mol. The van der Waals surface area contributed by atoms with Crippen molar-refractivity contribution in [2.45, 2.75) is 63.5 Å². The number of likely N-dealkylation sites (tertiary alicyclic amines) is 1. The summed E-state index contributed by atoms with van der Waals surface area (Å²) in [6, 6.07) is 4.46. The average molecular weight is 720 g/mol.